The summed E-state index contributed by atoms with van der Waals surface area (Å²) in [6.07, 6.45) is 0.658. The van der Waals surface area contributed by atoms with Crippen molar-refractivity contribution in [3.63, 3.8) is 0 Å². The van der Waals surface area contributed by atoms with E-state index >= 15 is 0 Å². The zero-order valence-electron chi connectivity index (χ0n) is 21.6. The Labute approximate surface area is 218 Å². The molecule has 0 saturated heterocycles. The predicted octanol–water partition coefficient (Wildman–Crippen LogP) is 6.36. The number of hydrogen-bond acceptors (Lipinski definition) is 5. The number of rotatable bonds is 4. The van der Waals surface area contributed by atoms with Crippen LogP contribution in [0.25, 0.3) is 0 Å². The van der Waals surface area contributed by atoms with E-state index in [1.165, 1.54) is 0 Å². The second-order valence-electron chi connectivity index (χ2n) is 9.86. The smallest absolute Gasteiger partial charge is 0.260 e. The monoisotopic (exact) mass is 495 g/mol. The van der Waals surface area contributed by atoms with Gasteiger partial charge in [0.2, 0.25) is 0 Å². The van der Waals surface area contributed by atoms with Gasteiger partial charge in [0.15, 0.2) is 0 Å². The average molecular weight is 496 g/mol. The second kappa shape index (κ2) is 10.9. The molecule has 37 heavy (non-hydrogen) atoms. The van der Waals surface area contributed by atoms with Crippen LogP contribution in [0.4, 0.5) is 5.69 Å². The van der Waals surface area contributed by atoms with Gasteiger partial charge in [0.05, 0.1) is 11.7 Å². The lowest BCUT2D eigenvalue weighted by atomic mass is 9.99. The van der Waals surface area contributed by atoms with Gasteiger partial charge in [-0.15, -0.1) is 0 Å². The minimum atomic E-state index is -0.219. The molecule has 1 atom stereocenters. The number of nitrogens with zero attached hydrogens (tertiary/aromatic N) is 2. The topological polar surface area (TPSA) is 67.6 Å². The normalized spacial score (nSPS) is 15.7. The van der Waals surface area contributed by atoms with Crippen molar-refractivity contribution in [1.82, 2.24) is 10.1 Å². The highest BCUT2D eigenvalue weighted by Crippen LogP contribution is 2.29. The van der Waals surface area contributed by atoms with Crippen LogP contribution in [0.3, 0.4) is 0 Å². The fraction of sp³-hybridized carbons (Fsp3) is 0.290. The number of carbonyl (C=O) groups excluding carboxylic acids is 1. The largest absolute Gasteiger partial charge is 0.491 e. The Kier molecular flexibility index (Phi) is 7.26. The van der Waals surface area contributed by atoms with Crippen molar-refractivity contribution in [3.8, 4) is 5.75 Å². The summed E-state index contributed by atoms with van der Waals surface area (Å²) < 4.78 is 12.0. The lowest BCUT2D eigenvalue weighted by Gasteiger charge is -2.33. The van der Waals surface area contributed by atoms with Gasteiger partial charge in [0, 0.05) is 24.3 Å². The van der Waals surface area contributed by atoms with Crippen molar-refractivity contribution in [2.24, 2.45) is 0 Å². The molecule has 5 rings (SSSR count). The highest BCUT2D eigenvalue weighted by atomic mass is 16.5. The van der Waals surface area contributed by atoms with E-state index in [2.05, 4.69) is 40.8 Å². The number of para-hydroxylation sites is 2. The molecule has 3 aromatic carbocycles. The van der Waals surface area contributed by atoms with E-state index in [4.69, 9.17) is 9.26 Å². The minimum absolute atomic E-state index is 0.0602. The minimum Gasteiger partial charge on any atom is -0.491 e. The molecule has 190 valence electrons. The summed E-state index contributed by atoms with van der Waals surface area (Å²) in [5, 5.41) is 7.81. The van der Waals surface area contributed by atoms with Crippen LogP contribution in [0.5, 0.6) is 5.75 Å². The van der Waals surface area contributed by atoms with E-state index in [1.54, 1.807) is 0 Å². The summed E-state index contributed by atoms with van der Waals surface area (Å²) in [4.78, 5) is 16.3. The van der Waals surface area contributed by atoms with Gasteiger partial charge in [-0.05, 0) is 42.5 Å². The van der Waals surface area contributed by atoms with Gasteiger partial charge in [-0.1, -0.05) is 85.7 Å². The maximum atomic E-state index is 14.4. The zero-order chi connectivity index (χ0) is 25.8. The molecular weight excluding hydrogens is 462 g/mol. The van der Waals surface area contributed by atoms with Gasteiger partial charge in [0.25, 0.3) is 5.91 Å². The maximum Gasteiger partial charge on any atom is 0.260 e. The fourth-order valence-corrected chi connectivity index (χ4v) is 4.88. The maximum absolute atomic E-state index is 14.4. The molecule has 1 N–H and O–H groups in total. The van der Waals surface area contributed by atoms with E-state index in [0.29, 0.717) is 43.1 Å². The number of benzene rings is 3. The zero-order valence-corrected chi connectivity index (χ0v) is 21.6. The molecule has 6 nitrogen and oxygen atoms in total. The number of aryl methyl sites for hydroxylation is 1. The van der Waals surface area contributed by atoms with E-state index in [-0.39, 0.29) is 17.9 Å². The van der Waals surface area contributed by atoms with Crippen LogP contribution in [0.1, 0.15) is 58.3 Å². The summed E-state index contributed by atoms with van der Waals surface area (Å²) in [5.74, 6) is 1.34. The number of amides is 1. The van der Waals surface area contributed by atoms with E-state index in [9.17, 15) is 4.79 Å². The van der Waals surface area contributed by atoms with Crippen molar-refractivity contribution >= 4 is 11.6 Å². The Bertz CT molecular complexity index is 1360. The van der Waals surface area contributed by atoms with Gasteiger partial charge in [-0.3, -0.25) is 4.79 Å². The Morgan fingerprint density at radius 1 is 1.00 bits per heavy atom. The molecule has 0 bridgehead atoms. The molecule has 0 radical (unpaired) electrons. The molecule has 1 aromatic heterocycles. The first-order chi connectivity index (χ1) is 18.0. The van der Waals surface area contributed by atoms with Gasteiger partial charge in [-0.2, -0.15) is 0 Å². The Morgan fingerprint density at radius 3 is 2.49 bits per heavy atom. The van der Waals surface area contributed by atoms with E-state index in [0.717, 1.165) is 28.1 Å². The number of fused-ring (bicyclic) bond motifs is 2. The van der Waals surface area contributed by atoms with Crippen LogP contribution < -0.4 is 10.1 Å². The van der Waals surface area contributed by atoms with Crippen molar-refractivity contribution in [2.45, 2.75) is 52.2 Å². The van der Waals surface area contributed by atoms with E-state index < -0.39 is 0 Å². The third-order valence-electron chi connectivity index (χ3n) is 6.90. The van der Waals surface area contributed by atoms with E-state index in [1.807, 2.05) is 74.2 Å². The lowest BCUT2D eigenvalue weighted by Crippen LogP contribution is -2.45. The van der Waals surface area contributed by atoms with Gasteiger partial charge in [0.1, 0.15) is 23.7 Å². The summed E-state index contributed by atoms with van der Waals surface area (Å²) >= 11 is 0. The highest BCUT2D eigenvalue weighted by molar-refractivity contribution is 5.96. The number of anilines is 1. The van der Waals surface area contributed by atoms with Crippen LogP contribution in [0.15, 0.2) is 83.4 Å². The third kappa shape index (κ3) is 5.38. The average Bonchev–Trinajstić information content (AvgIpc) is 3.30. The summed E-state index contributed by atoms with van der Waals surface area (Å²) in [7, 11) is 0. The predicted molar refractivity (Wildman–Crippen MR) is 145 cm³/mol. The lowest BCUT2D eigenvalue weighted by molar-refractivity contribution is 0.0588. The number of carbonyl (C=O) groups is 1. The molecule has 0 aliphatic carbocycles. The Hall–Kier alpha value is -4.06. The van der Waals surface area contributed by atoms with Crippen molar-refractivity contribution in [1.29, 1.82) is 0 Å². The first-order valence-electron chi connectivity index (χ1n) is 12.8. The first kappa shape index (κ1) is 24.6. The van der Waals surface area contributed by atoms with Gasteiger partial charge in [-0.25, -0.2) is 0 Å². The van der Waals surface area contributed by atoms with Crippen LogP contribution in [-0.4, -0.2) is 28.6 Å². The number of hydrogen-bond donors (Lipinski definition) is 1. The molecule has 1 amide bonds. The van der Waals surface area contributed by atoms with Gasteiger partial charge >= 0.3 is 0 Å². The van der Waals surface area contributed by atoms with Crippen LogP contribution in [-0.2, 0) is 19.5 Å². The second-order valence-corrected chi connectivity index (χ2v) is 9.86. The van der Waals surface area contributed by atoms with Crippen molar-refractivity contribution < 1.29 is 14.1 Å². The number of nitrogens with one attached hydrogen (secondary N) is 1. The molecule has 1 aliphatic rings. The standard InChI is InChI=1S/C31H33N3O3/c1-21(2)30-29(22(3)37-33-30)31(35)34-19-25-14-7-9-15-27(25)32-18-24-13-8-10-16-28(24)36-20-26(34)17-23-11-5-4-6-12-23/h4-16,21,26,32H,17-20H2,1-3H3/t26-/m0/s1. The van der Waals surface area contributed by atoms with Crippen molar-refractivity contribution in [2.75, 3.05) is 11.9 Å². The number of aromatic nitrogens is 1. The van der Waals surface area contributed by atoms with Crippen LogP contribution in [0.2, 0.25) is 0 Å². The Morgan fingerprint density at radius 2 is 1.70 bits per heavy atom. The summed E-state index contributed by atoms with van der Waals surface area (Å²) in [6.45, 7) is 7.30. The van der Waals surface area contributed by atoms with Crippen LogP contribution >= 0.6 is 0 Å². The molecule has 1 aliphatic heterocycles. The Balaban J connectivity index is 1.62. The highest BCUT2D eigenvalue weighted by Gasteiger charge is 2.32. The first-order valence-corrected chi connectivity index (χ1v) is 12.8. The van der Waals surface area contributed by atoms with Gasteiger partial charge < -0.3 is 19.5 Å². The van der Waals surface area contributed by atoms with Crippen LogP contribution in [0, 0.1) is 6.92 Å². The summed E-state index contributed by atoms with van der Waals surface area (Å²) in [6, 6.07) is 26.3. The quantitative estimate of drug-likeness (QED) is 0.357. The fourth-order valence-electron chi connectivity index (χ4n) is 4.88. The molecule has 0 unspecified atom stereocenters. The molecule has 0 spiro atoms. The molecule has 2 heterocycles. The summed E-state index contributed by atoms with van der Waals surface area (Å²) in [5.41, 5.74) is 5.51. The molecule has 4 aromatic rings. The third-order valence-corrected chi connectivity index (χ3v) is 6.90. The number of ether oxygens (including phenoxy) is 1. The molecule has 0 saturated carbocycles. The molecular formula is C31H33N3O3. The molecule has 0 fully saturated rings. The molecule has 6 heteroatoms. The van der Waals surface area contributed by atoms with Crippen molar-refractivity contribution in [3.05, 3.63) is 113 Å². The SMILES string of the molecule is Cc1onc(C(C)C)c1C(=O)N1Cc2ccccc2NCc2ccccc2OC[C@@H]1Cc1ccccc1.